The normalized spacial score (nSPS) is 18.1. The second-order valence-corrected chi connectivity index (χ2v) is 22.9. The molecule has 16 nitrogen and oxygen atoms in total. The molecule has 76 heavy (non-hydrogen) atoms. The average Bonchev–Trinajstić information content (AvgIpc) is 4.05. The van der Waals surface area contributed by atoms with E-state index in [4.69, 9.17) is 4.74 Å². The minimum atomic E-state index is -0.728. The third kappa shape index (κ3) is 12.4. The fraction of sp³-hybridized carbons (Fsp3) is 0.475. The second kappa shape index (κ2) is 23.0. The van der Waals surface area contributed by atoms with Crippen LogP contribution in [0, 0.1) is 24.7 Å². The number of anilines is 1. The molecular formula is C59H70N8O8S. The van der Waals surface area contributed by atoms with E-state index in [2.05, 4.69) is 39.9 Å². The fourth-order valence-electron chi connectivity index (χ4n) is 10.8. The number of rotatable bonds is 13. The molecule has 400 valence electrons. The number of fused-ring (bicyclic) bond motifs is 1. The zero-order chi connectivity index (χ0) is 53.8. The van der Waals surface area contributed by atoms with Gasteiger partial charge in [0.15, 0.2) is 0 Å². The molecule has 4 fully saturated rings. The van der Waals surface area contributed by atoms with Crippen LogP contribution in [-0.4, -0.2) is 110 Å². The van der Waals surface area contributed by atoms with Crippen molar-refractivity contribution in [3.63, 3.8) is 0 Å². The quantitative estimate of drug-likeness (QED) is 0.0592. The van der Waals surface area contributed by atoms with Gasteiger partial charge in [0.25, 0.3) is 5.91 Å². The Morgan fingerprint density at radius 3 is 2.18 bits per heavy atom. The van der Waals surface area contributed by atoms with Crippen LogP contribution in [-0.2, 0) is 31.0 Å². The first-order chi connectivity index (χ1) is 36.4. The van der Waals surface area contributed by atoms with Crippen molar-refractivity contribution in [1.82, 2.24) is 34.5 Å². The Hall–Kier alpha value is -7.19. The minimum absolute atomic E-state index is 0.0615. The summed E-state index contributed by atoms with van der Waals surface area (Å²) in [5.74, 6) is 6.69. The molecule has 9 rings (SSSR count). The van der Waals surface area contributed by atoms with Crippen molar-refractivity contribution in [2.45, 2.75) is 128 Å². The lowest BCUT2D eigenvalue weighted by atomic mass is 9.89. The SMILES string of the molecule is Cc1ccc(NC2CN(C(=O)OC(C)(C)C)C2)cc1C(=O)NC(C)c1ccc(C#CC2CCN(C(=O)CCCCC(=O)N3CCC(c4ccc5c(c4)n(C)c(=O)n5C4CCC(=O)NC4=O)CC3)CC2)c(-c2cccs2)c1. The highest BCUT2D eigenvalue weighted by Gasteiger charge is 2.35. The number of carbonyl (C=O) groups excluding carboxylic acids is 6. The van der Waals surface area contributed by atoms with Gasteiger partial charge in [-0.1, -0.05) is 36.1 Å². The number of aryl methyl sites for hydroxylation is 2. The summed E-state index contributed by atoms with van der Waals surface area (Å²) in [5.41, 5.74) is 6.83. The number of imidazole rings is 1. The van der Waals surface area contributed by atoms with Crippen molar-refractivity contribution in [2.24, 2.45) is 13.0 Å². The summed E-state index contributed by atoms with van der Waals surface area (Å²) in [6, 6.07) is 21.0. The van der Waals surface area contributed by atoms with Gasteiger partial charge >= 0.3 is 11.8 Å². The molecule has 0 bridgehead atoms. The second-order valence-electron chi connectivity index (χ2n) is 21.9. The predicted molar refractivity (Wildman–Crippen MR) is 294 cm³/mol. The number of benzene rings is 3. The Labute approximate surface area is 448 Å². The van der Waals surface area contributed by atoms with Gasteiger partial charge in [-0.15, -0.1) is 11.3 Å². The summed E-state index contributed by atoms with van der Waals surface area (Å²) < 4.78 is 8.54. The van der Waals surface area contributed by atoms with Crippen LogP contribution in [0.5, 0.6) is 0 Å². The molecule has 2 aromatic heterocycles. The minimum Gasteiger partial charge on any atom is -0.444 e. The summed E-state index contributed by atoms with van der Waals surface area (Å²) in [6.45, 7) is 13.1. The molecular weight excluding hydrogens is 981 g/mol. The molecule has 2 atom stereocenters. The van der Waals surface area contributed by atoms with E-state index in [9.17, 15) is 33.6 Å². The topological polar surface area (TPSA) is 184 Å². The molecule has 2 unspecified atom stereocenters. The molecule has 4 aliphatic rings. The Morgan fingerprint density at radius 1 is 0.829 bits per heavy atom. The van der Waals surface area contributed by atoms with E-state index in [1.165, 1.54) is 4.57 Å². The lowest BCUT2D eigenvalue weighted by Gasteiger charge is -2.40. The van der Waals surface area contributed by atoms with E-state index in [1.54, 1.807) is 27.9 Å². The van der Waals surface area contributed by atoms with Crippen LogP contribution in [0.25, 0.3) is 21.5 Å². The van der Waals surface area contributed by atoms with Crippen molar-refractivity contribution in [3.8, 4) is 22.3 Å². The van der Waals surface area contributed by atoms with Crippen molar-refractivity contribution in [1.29, 1.82) is 0 Å². The smallest absolute Gasteiger partial charge is 0.410 e. The number of nitrogens with one attached hydrogen (secondary N) is 3. The van der Waals surface area contributed by atoms with Gasteiger partial charge in [0.1, 0.15) is 11.6 Å². The largest absolute Gasteiger partial charge is 0.444 e. The van der Waals surface area contributed by atoms with Gasteiger partial charge in [0, 0.05) is 98.8 Å². The first-order valence-electron chi connectivity index (χ1n) is 26.8. The summed E-state index contributed by atoms with van der Waals surface area (Å²) in [7, 11) is 1.70. The fourth-order valence-corrected chi connectivity index (χ4v) is 11.6. The van der Waals surface area contributed by atoms with Crippen LogP contribution in [0.15, 0.2) is 76.9 Å². The molecule has 0 saturated carbocycles. The third-order valence-electron chi connectivity index (χ3n) is 15.3. The standard InChI is InChI=1S/C59H70N8O8S/c1-37-13-19-44(61-45-35-66(36-45)58(74)75-59(3,4)5)34-46(37)55(71)60-38(2)42-17-16-41(47(32-42)51-10-9-31-76-51)15-14-39-23-27-64(28-24-39)53(69)11-7-8-12-54(70)65-29-25-40(26-30-65)43-18-20-48-50(33-43)63(6)57(73)67(48)49-21-22-52(68)62-56(49)72/h9-10,13,16-20,31-34,38-40,45,49,61H,7-8,11-12,21-30,35-36H2,1-6H3,(H,60,71)(H,62,68,72). The van der Waals surface area contributed by atoms with Crippen molar-refractivity contribution in [3.05, 3.63) is 110 Å². The number of hydrogen-bond donors (Lipinski definition) is 3. The highest BCUT2D eigenvalue weighted by molar-refractivity contribution is 7.13. The molecule has 5 aromatic rings. The number of carbonyl (C=O) groups is 6. The van der Waals surface area contributed by atoms with E-state index >= 15 is 0 Å². The number of likely N-dealkylation sites (tertiary alicyclic amines) is 3. The molecule has 4 saturated heterocycles. The Bertz CT molecular complexity index is 3140. The summed E-state index contributed by atoms with van der Waals surface area (Å²) in [4.78, 5) is 96.9. The first-order valence-corrected chi connectivity index (χ1v) is 27.7. The lowest BCUT2D eigenvalue weighted by molar-refractivity contribution is -0.136. The van der Waals surface area contributed by atoms with Gasteiger partial charge < -0.3 is 30.1 Å². The summed E-state index contributed by atoms with van der Waals surface area (Å²) in [6.07, 6.45) is 5.49. The predicted octanol–water partition coefficient (Wildman–Crippen LogP) is 8.43. The number of hydrogen-bond acceptors (Lipinski definition) is 10. The molecule has 0 spiro atoms. The van der Waals surface area contributed by atoms with Gasteiger partial charge in [0.05, 0.1) is 23.1 Å². The number of thiophene rings is 1. The van der Waals surface area contributed by atoms with Crippen molar-refractivity contribution < 1.29 is 33.5 Å². The molecule has 0 aliphatic carbocycles. The highest BCUT2D eigenvalue weighted by Crippen LogP contribution is 2.34. The Morgan fingerprint density at radius 2 is 1.53 bits per heavy atom. The molecule has 6 heterocycles. The third-order valence-corrected chi connectivity index (χ3v) is 16.2. The van der Waals surface area contributed by atoms with E-state index < -0.39 is 17.6 Å². The number of nitrogens with zero attached hydrogens (tertiary/aromatic N) is 5. The number of imide groups is 1. The number of unbranched alkanes of at least 4 members (excludes halogenated alkanes) is 1. The molecule has 6 amide bonds. The molecule has 3 aromatic carbocycles. The average molecular weight is 1050 g/mol. The maximum absolute atomic E-state index is 13.7. The van der Waals surface area contributed by atoms with Crippen LogP contribution >= 0.6 is 11.3 Å². The van der Waals surface area contributed by atoms with Gasteiger partial charge in [-0.05, 0) is 150 Å². The molecule has 4 aliphatic heterocycles. The molecule has 17 heteroatoms. The van der Waals surface area contributed by atoms with Crippen LogP contribution < -0.4 is 21.6 Å². The van der Waals surface area contributed by atoms with Gasteiger partial charge in [0.2, 0.25) is 23.6 Å². The van der Waals surface area contributed by atoms with Gasteiger partial charge in [-0.25, -0.2) is 9.59 Å². The Kier molecular flexibility index (Phi) is 16.2. The van der Waals surface area contributed by atoms with Crippen LogP contribution in [0.1, 0.15) is 143 Å². The number of amides is 6. The zero-order valence-electron chi connectivity index (χ0n) is 44.5. The van der Waals surface area contributed by atoms with Crippen LogP contribution in [0.3, 0.4) is 0 Å². The van der Waals surface area contributed by atoms with E-state index in [1.807, 2.05) is 104 Å². The van der Waals surface area contributed by atoms with Crippen molar-refractivity contribution >= 4 is 63.7 Å². The highest BCUT2D eigenvalue weighted by atomic mass is 32.1. The lowest BCUT2D eigenvalue weighted by Crippen LogP contribution is -2.57. The zero-order valence-corrected chi connectivity index (χ0v) is 45.4. The molecule has 3 N–H and O–H groups in total. The maximum atomic E-state index is 13.7. The van der Waals surface area contributed by atoms with Crippen LogP contribution in [0.4, 0.5) is 10.5 Å². The van der Waals surface area contributed by atoms with Gasteiger partial charge in [-0.2, -0.15) is 0 Å². The van der Waals surface area contributed by atoms with Gasteiger partial charge in [-0.3, -0.25) is 38.4 Å². The summed E-state index contributed by atoms with van der Waals surface area (Å²) in [5, 5.41) is 11.1. The van der Waals surface area contributed by atoms with Crippen molar-refractivity contribution in [2.75, 3.05) is 44.6 Å². The van der Waals surface area contributed by atoms with E-state index in [0.717, 1.165) is 69.6 Å². The van der Waals surface area contributed by atoms with E-state index in [-0.39, 0.29) is 72.2 Å². The Balaban J connectivity index is 0.709. The van der Waals surface area contributed by atoms with Crippen LogP contribution in [0.2, 0.25) is 0 Å². The molecule has 0 radical (unpaired) electrons. The number of aromatic nitrogens is 2. The monoisotopic (exact) mass is 1050 g/mol. The maximum Gasteiger partial charge on any atom is 0.410 e. The summed E-state index contributed by atoms with van der Waals surface area (Å²) >= 11 is 1.65. The van der Waals surface area contributed by atoms with E-state index in [0.29, 0.717) is 76.0 Å². The first kappa shape index (κ1) is 53.6. The number of piperidine rings is 3. The number of ether oxygens (including phenoxy) is 1.